The topological polar surface area (TPSA) is 114 Å². The molecule has 0 spiro atoms. The SMILES string of the molecule is Cc1occc1C(=O)Nc1cc(NC(=O)[C@@H](C)NC(=O)c2ccoc2)ccc1F. The lowest BCUT2D eigenvalue weighted by Gasteiger charge is -2.14. The molecule has 0 radical (unpaired) electrons. The molecule has 0 fully saturated rings. The van der Waals surface area contributed by atoms with Gasteiger partial charge in [0.1, 0.15) is 23.9 Å². The van der Waals surface area contributed by atoms with Crippen molar-refractivity contribution >= 4 is 29.1 Å². The molecule has 9 heteroatoms. The Morgan fingerprint density at radius 1 is 1.03 bits per heavy atom. The van der Waals surface area contributed by atoms with Crippen LogP contribution in [0.25, 0.3) is 0 Å². The third kappa shape index (κ3) is 4.70. The van der Waals surface area contributed by atoms with E-state index in [0.29, 0.717) is 5.76 Å². The van der Waals surface area contributed by atoms with Crippen molar-refractivity contribution in [3.05, 3.63) is 71.8 Å². The van der Waals surface area contributed by atoms with Gasteiger partial charge in [0.25, 0.3) is 11.8 Å². The Morgan fingerprint density at radius 2 is 1.83 bits per heavy atom. The number of carbonyl (C=O) groups is 3. The molecule has 8 nitrogen and oxygen atoms in total. The lowest BCUT2D eigenvalue weighted by Crippen LogP contribution is -2.41. The van der Waals surface area contributed by atoms with Crippen molar-refractivity contribution in [2.75, 3.05) is 10.6 Å². The summed E-state index contributed by atoms with van der Waals surface area (Å²) in [5.41, 5.74) is 0.698. The van der Waals surface area contributed by atoms with Crippen LogP contribution in [0.5, 0.6) is 0 Å². The van der Waals surface area contributed by atoms with Crippen molar-refractivity contribution in [2.24, 2.45) is 0 Å². The van der Waals surface area contributed by atoms with Crippen LogP contribution in [-0.2, 0) is 4.79 Å². The minimum Gasteiger partial charge on any atom is -0.472 e. The van der Waals surface area contributed by atoms with Crippen molar-refractivity contribution in [3.63, 3.8) is 0 Å². The second-order valence-corrected chi connectivity index (χ2v) is 6.24. The summed E-state index contributed by atoms with van der Waals surface area (Å²) in [5.74, 6) is -1.80. The van der Waals surface area contributed by atoms with Gasteiger partial charge in [-0.2, -0.15) is 0 Å². The fourth-order valence-corrected chi connectivity index (χ4v) is 2.50. The molecule has 0 bridgehead atoms. The first-order chi connectivity index (χ1) is 13.8. The molecule has 29 heavy (non-hydrogen) atoms. The quantitative estimate of drug-likeness (QED) is 0.588. The molecular weight excluding hydrogens is 381 g/mol. The first-order valence-corrected chi connectivity index (χ1v) is 8.64. The molecule has 3 amide bonds. The molecule has 150 valence electrons. The Labute approximate surface area is 165 Å². The highest BCUT2D eigenvalue weighted by Crippen LogP contribution is 2.21. The van der Waals surface area contributed by atoms with E-state index in [-0.39, 0.29) is 22.5 Å². The zero-order chi connectivity index (χ0) is 21.0. The summed E-state index contributed by atoms with van der Waals surface area (Å²) in [6.07, 6.45) is 3.96. The van der Waals surface area contributed by atoms with Crippen molar-refractivity contribution in [1.82, 2.24) is 5.32 Å². The standard InChI is InChI=1S/C20H18FN3O5/c1-11(22-19(26)13-5-7-28-10-13)18(25)23-14-3-4-16(21)17(9-14)24-20(27)15-6-8-29-12(15)2/h3-11H,1-2H3,(H,22,26)(H,23,25)(H,24,27)/t11-/m1/s1. The van der Waals surface area contributed by atoms with E-state index >= 15 is 0 Å². The molecule has 3 N–H and O–H groups in total. The van der Waals surface area contributed by atoms with Crippen molar-refractivity contribution in [2.45, 2.75) is 19.9 Å². The highest BCUT2D eigenvalue weighted by atomic mass is 19.1. The van der Waals surface area contributed by atoms with E-state index in [1.165, 1.54) is 50.0 Å². The molecule has 3 aromatic rings. The van der Waals surface area contributed by atoms with Gasteiger partial charge < -0.3 is 24.8 Å². The summed E-state index contributed by atoms with van der Waals surface area (Å²) in [4.78, 5) is 36.5. The van der Waals surface area contributed by atoms with Gasteiger partial charge in [0.2, 0.25) is 5.91 Å². The van der Waals surface area contributed by atoms with Gasteiger partial charge in [-0.1, -0.05) is 0 Å². The Hall–Kier alpha value is -3.88. The van der Waals surface area contributed by atoms with Gasteiger partial charge in [0.15, 0.2) is 0 Å². The monoisotopic (exact) mass is 399 g/mol. The number of halogens is 1. The van der Waals surface area contributed by atoms with E-state index in [2.05, 4.69) is 16.0 Å². The van der Waals surface area contributed by atoms with Gasteiger partial charge in [-0.05, 0) is 44.2 Å². The number of benzene rings is 1. The largest absolute Gasteiger partial charge is 0.472 e. The predicted molar refractivity (Wildman–Crippen MR) is 102 cm³/mol. The summed E-state index contributed by atoms with van der Waals surface area (Å²) in [5, 5.41) is 7.53. The molecule has 0 saturated heterocycles. The fourth-order valence-electron chi connectivity index (χ4n) is 2.50. The third-order valence-electron chi connectivity index (χ3n) is 4.11. The number of anilines is 2. The first-order valence-electron chi connectivity index (χ1n) is 8.64. The number of nitrogens with one attached hydrogen (secondary N) is 3. The molecule has 0 unspecified atom stereocenters. The summed E-state index contributed by atoms with van der Waals surface area (Å²) < 4.78 is 24.0. The van der Waals surface area contributed by atoms with Gasteiger partial charge in [0, 0.05) is 5.69 Å². The number of hydrogen-bond donors (Lipinski definition) is 3. The smallest absolute Gasteiger partial charge is 0.259 e. The Kier molecular flexibility index (Phi) is 5.77. The Morgan fingerprint density at radius 3 is 2.48 bits per heavy atom. The molecule has 1 atom stereocenters. The predicted octanol–water partition coefficient (Wildman–Crippen LogP) is 3.33. The average molecular weight is 399 g/mol. The van der Waals surface area contributed by atoms with Crippen LogP contribution < -0.4 is 16.0 Å². The first kappa shape index (κ1) is 19.9. The van der Waals surface area contributed by atoms with Gasteiger partial charge in [0.05, 0.1) is 29.3 Å². The maximum Gasteiger partial charge on any atom is 0.259 e. The normalized spacial score (nSPS) is 11.6. The fraction of sp³-hybridized carbons (Fsp3) is 0.150. The van der Waals surface area contributed by atoms with Crippen LogP contribution in [0.4, 0.5) is 15.8 Å². The van der Waals surface area contributed by atoms with Crippen LogP contribution in [-0.4, -0.2) is 23.8 Å². The van der Waals surface area contributed by atoms with Gasteiger partial charge in [-0.3, -0.25) is 14.4 Å². The Bertz CT molecular complexity index is 1040. The van der Waals surface area contributed by atoms with Crippen molar-refractivity contribution in [1.29, 1.82) is 0 Å². The van der Waals surface area contributed by atoms with E-state index in [4.69, 9.17) is 8.83 Å². The van der Waals surface area contributed by atoms with Crippen LogP contribution in [0.3, 0.4) is 0 Å². The number of furan rings is 2. The van der Waals surface area contributed by atoms with E-state index in [0.717, 1.165) is 6.07 Å². The molecule has 2 aromatic heterocycles. The van der Waals surface area contributed by atoms with Crippen molar-refractivity contribution in [3.8, 4) is 0 Å². The molecule has 0 saturated carbocycles. The number of aryl methyl sites for hydroxylation is 1. The van der Waals surface area contributed by atoms with Gasteiger partial charge >= 0.3 is 0 Å². The maximum atomic E-state index is 14.1. The van der Waals surface area contributed by atoms with Crippen LogP contribution in [0.2, 0.25) is 0 Å². The lowest BCUT2D eigenvalue weighted by molar-refractivity contribution is -0.117. The summed E-state index contributed by atoms with van der Waals surface area (Å²) in [7, 11) is 0. The highest BCUT2D eigenvalue weighted by Gasteiger charge is 2.19. The molecule has 2 heterocycles. The lowest BCUT2D eigenvalue weighted by atomic mass is 10.2. The number of hydrogen-bond acceptors (Lipinski definition) is 5. The van der Waals surface area contributed by atoms with Crippen LogP contribution in [0, 0.1) is 12.7 Å². The summed E-state index contributed by atoms with van der Waals surface area (Å²) in [6.45, 7) is 3.11. The average Bonchev–Trinajstić information content (AvgIpc) is 3.36. The minimum atomic E-state index is -0.867. The van der Waals surface area contributed by atoms with Crippen LogP contribution >= 0.6 is 0 Å². The molecule has 0 aliphatic carbocycles. The zero-order valence-corrected chi connectivity index (χ0v) is 15.6. The summed E-state index contributed by atoms with van der Waals surface area (Å²) in [6, 6.07) is 5.81. The number of amides is 3. The highest BCUT2D eigenvalue weighted by molar-refractivity contribution is 6.05. The van der Waals surface area contributed by atoms with E-state index < -0.39 is 29.6 Å². The second-order valence-electron chi connectivity index (χ2n) is 6.24. The molecule has 0 aliphatic heterocycles. The van der Waals surface area contributed by atoms with E-state index in [9.17, 15) is 18.8 Å². The Balaban J connectivity index is 1.65. The van der Waals surface area contributed by atoms with Crippen LogP contribution in [0.15, 0.2) is 58.0 Å². The third-order valence-corrected chi connectivity index (χ3v) is 4.11. The molecular formula is C20H18FN3O5. The molecule has 1 aromatic carbocycles. The van der Waals surface area contributed by atoms with Crippen LogP contribution in [0.1, 0.15) is 33.4 Å². The van der Waals surface area contributed by atoms with E-state index in [1.54, 1.807) is 6.92 Å². The molecule has 3 rings (SSSR count). The van der Waals surface area contributed by atoms with Crippen molar-refractivity contribution < 1.29 is 27.6 Å². The summed E-state index contributed by atoms with van der Waals surface area (Å²) >= 11 is 0. The maximum absolute atomic E-state index is 14.1. The van der Waals surface area contributed by atoms with Gasteiger partial charge in [-0.15, -0.1) is 0 Å². The second kappa shape index (κ2) is 8.42. The van der Waals surface area contributed by atoms with E-state index in [1.807, 2.05) is 0 Å². The minimum absolute atomic E-state index is 0.108. The number of rotatable bonds is 6. The molecule has 0 aliphatic rings. The zero-order valence-electron chi connectivity index (χ0n) is 15.6. The number of carbonyl (C=O) groups excluding carboxylic acids is 3. The van der Waals surface area contributed by atoms with Gasteiger partial charge in [-0.25, -0.2) is 4.39 Å².